The van der Waals surface area contributed by atoms with E-state index in [1.54, 1.807) is 23.3 Å². The molecule has 0 aliphatic heterocycles. The SMILES string of the molecule is CCOCn1cc(NC(=O)CCn2ncc(I)c2C)cn1. The van der Waals surface area contributed by atoms with Gasteiger partial charge in [-0.3, -0.25) is 9.48 Å². The molecule has 2 aromatic rings. The first-order valence-corrected chi connectivity index (χ1v) is 7.76. The van der Waals surface area contributed by atoms with E-state index in [2.05, 4.69) is 38.1 Å². The highest BCUT2D eigenvalue weighted by Crippen LogP contribution is 2.11. The van der Waals surface area contributed by atoms with Gasteiger partial charge >= 0.3 is 0 Å². The molecule has 1 amide bonds. The maximum absolute atomic E-state index is 11.9. The van der Waals surface area contributed by atoms with Crippen molar-refractivity contribution >= 4 is 34.2 Å². The Hall–Kier alpha value is -1.42. The highest BCUT2D eigenvalue weighted by atomic mass is 127. The van der Waals surface area contributed by atoms with Gasteiger partial charge in [-0.05, 0) is 36.4 Å². The molecule has 0 atom stereocenters. The normalized spacial score (nSPS) is 10.8. The molecule has 0 fully saturated rings. The van der Waals surface area contributed by atoms with Gasteiger partial charge in [0.2, 0.25) is 5.91 Å². The molecule has 2 rings (SSSR count). The Morgan fingerprint density at radius 1 is 1.43 bits per heavy atom. The van der Waals surface area contributed by atoms with Crippen molar-refractivity contribution in [1.29, 1.82) is 0 Å². The second-order valence-corrected chi connectivity index (χ2v) is 5.65. The van der Waals surface area contributed by atoms with Crippen molar-refractivity contribution < 1.29 is 9.53 Å². The summed E-state index contributed by atoms with van der Waals surface area (Å²) in [7, 11) is 0. The summed E-state index contributed by atoms with van der Waals surface area (Å²) in [6, 6.07) is 0. The van der Waals surface area contributed by atoms with Gasteiger partial charge in [0.1, 0.15) is 6.73 Å². The molecule has 0 aromatic carbocycles. The van der Waals surface area contributed by atoms with Gasteiger partial charge in [-0.15, -0.1) is 0 Å². The Morgan fingerprint density at radius 2 is 2.24 bits per heavy atom. The predicted molar refractivity (Wildman–Crippen MR) is 86.8 cm³/mol. The van der Waals surface area contributed by atoms with Gasteiger partial charge in [0.15, 0.2) is 0 Å². The van der Waals surface area contributed by atoms with Gasteiger partial charge in [-0.25, -0.2) is 4.68 Å². The third kappa shape index (κ3) is 4.53. The molecular weight excluding hydrogens is 385 g/mol. The number of anilines is 1. The minimum absolute atomic E-state index is 0.0594. The van der Waals surface area contributed by atoms with Gasteiger partial charge in [0.05, 0.1) is 34.4 Å². The van der Waals surface area contributed by atoms with Gasteiger partial charge in [-0.2, -0.15) is 10.2 Å². The second-order valence-electron chi connectivity index (χ2n) is 4.49. The molecule has 0 bridgehead atoms. The van der Waals surface area contributed by atoms with Crippen molar-refractivity contribution in [2.45, 2.75) is 33.5 Å². The number of amides is 1. The predicted octanol–water partition coefficient (Wildman–Crippen LogP) is 2.02. The third-order valence-corrected chi connectivity index (χ3v) is 4.00. The summed E-state index contributed by atoms with van der Waals surface area (Å²) < 4.78 is 9.81. The lowest BCUT2D eigenvalue weighted by Crippen LogP contribution is -2.15. The van der Waals surface area contributed by atoms with Crippen molar-refractivity contribution in [2.75, 3.05) is 11.9 Å². The Bertz CT molecular complexity index is 607. The van der Waals surface area contributed by atoms with Gasteiger partial charge in [0, 0.05) is 18.7 Å². The zero-order valence-electron chi connectivity index (χ0n) is 12.0. The van der Waals surface area contributed by atoms with Crippen LogP contribution >= 0.6 is 22.6 Å². The van der Waals surface area contributed by atoms with E-state index in [0.29, 0.717) is 32.0 Å². The largest absolute Gasteiger partial charge is 0.360 e. The van der Waals surface area contributed by atoms with Crippen LogP contribution in [0.15, 0.2) is 18.6 Å². The van der Waals surface area contributed by atoms with Crippen LogP contribution in [-0.4, -0.2) is 32.1 Å². The molecule has 1 N–H and O–H groups in total. The molecule has 114 valence electrons. The van der Waals surface area contributed by atoms with Crippen LogP contribution in [0, 0.1) is 10.5 Å². The number of nitrogens with zero attached hydrogens (tertiary/aromatic N) is 4. The number of hydrogen-bond donors (Lipinski definition) is 1. The minimum atomic E-state index is -0.0594. The number of aryl methyl sites for hydroxylation is 1. The van der Waals surface area contributed by atoms with E-state index < -0.39 is 0 Å². The van der Waals surface area contributed by atoms with Gasteiger partial charge in [-0.1, -0.05) is 0 Å². The monoisotopic (exact) mass is 403 g/mol. The zero-order valence-corrected chi connectivity index (χ0v) is 14.2. The zero-order chi connectivity index (χ0) is 15.2. The van der Waals surface area contributed by atoms with E-state index in [1.165, 1.54) is 0 Å². The van der Waals surface area contributed by atoms with Crippen LogP contribution in [0.25, 0.3) is 0 Å². The number of halogens is 1. The number of hydrogen-bond acceptors (Lipinski definition) is 4. The second kappa shape index (κ2) is 7.55. The highest BCUT2D eigenvalue weighted by Gasteiger charge is 2.08. The summed E-state index contributed by atoms with van der Waals surface area (Å²) in [5, 5.41) is 11.1. The Labute approximate surface area is 136 Å². The van der Waals surface area contributed by atoms with Crippen LogP contribution in [0.5, 0.6) is 0 Å². The molecule has 2 heterocycles. The third-order valence-electron chi connectivity index (χ3n) is 2.94. The number of ether oxygens (including phenoxy) is 1. The molecule has 0 aliphatic carbocycles. The van der Waals surface area contributed by atoms with Crippen molar-refractivity contribution in [3.63, 3.8) is 0 Å². The van der Waals surface area contributed by atoms with Crippen molar-refractivity contribution in [1.82, 2.24) is 19.6 Å². The fourth-order valence-electron chi connectivity index (χ4n) is 1.76. The van der Waals surface area contributed by atoms with Gasteiger partial charge in [0.25, 0.3) is 0 Å². The van der Waals surface area contributed by atoms with E-state index in [4.69, 9.17) is 4.74 Å². The molecule has 0 aliphatic rings. The summed E-state index contributed by atoms with van der Waals surface area (Å²) >= 11 is 2.23. The fraction of sp³-hybridized carbons (Fsp3) is 0.462. The summed E-state index contributed by atoms with van der Waals surface area (Å²) in [6.07, 6.45) is 5.52. The molecule has 21 heavy (non-hydrogen) atoms. The molecule has 2 aromatic heterocycles. The lowest BCUT2D eigenvalue weighted by atomic mass is 10.3. The Balaban J connectivity index is 1.81. The lowest BCUT2D eigenvalue weighted by molar-refractivity contribution is -0.116. The molecule has 8 heteroatoms. The first-order valence-electron chi connectivity index (χ1n) is 6.68. The highest BCUT2D eigenvalue weighted by molar-refractivity contribution is 14.1. The molecule has 0 saturated carbocycles. The van der Waals surface area contributed by atoms with E-state index in [1.807, 2.05) is 18.5 Å². The summed E-state index contributed by atoms with van der Waals surface area (Å²) in [5.41, 5.74) is 1.75. The van der Waals surface area contributed by atoms with Crippen LogP contribution in [-0.2, 0) is 22.8 Å². The summed E-state index contributed by atoms with van der Waals surface area (Å²) in [5.74, 6) is -0.0594. The van der Waals surface area contributed by atoms with E-state index >= 15 is 0 Å². The molecule has 0 radical (unpaired) electrons. The molecule has 0 unspecified atom stereocenters. The average Bonchev–Trinajstić information content (AvgIpc) is 3.03. The number of rotatable bonds is 7. The summed E-state index contributed by atoms with van der Waals surface area (Å²) in [4.78, 5) is 11.9. The molecule has 0 saturated heterocycles. The van der Waals surface area contributed by atoms with Gasteiger partial charge < -0.3 is 10.1 Å². The number of carbonyl (C=O) groups is 1. The van der Waals surface area contributed by atoms with Crippen LogP contribution < -0.4 is 5.32 Å². The van der Waals surface area contributed by atoms with Crippen LogP contribution in [0.4, 0.5) is 5.69 Å². The van der Waals surface area contributed by atoms with Crippen molar-refractivity contribution in [3.8, 4) is 0 Å². The summed E-state index contributed by atoms with van der Waals surface area (Å²) in [6.45, 7) is 5.49. The Kier molecular flexibility index (Phi) is 5.74. The fourth-order valence-corrected chi connectivity index (χ4v) is 2.17. The van der Waals surface area contributed by atoms with Crippen LogP contribution in [0.1, 0.15) is 19.0 Å². The smallest absolute Gasteiger partial charge is 0.226 e. The maximum Gasteiger partial charge on any atom is 0.226 e. The maximum atomic E-state index is 11.9. The van der Waals surface area contributed by atoms with E-state index in [0.717, 1.165) is 9.26 Å². The first-order chi connectivity index (χ1) is 10.1. The number of aromatic nitrogens is 4. The number of carbonyl (C=O) groups excluding carboxylic acids is 1. The molecule has 7 nitrogen and oxygen atoms in total. The molecular formula is C13H18IN5O2. The van der Waals surface area contributed by atoms with E-state index in [-0.39, 0.29) is 5.91 Å². The molecule has 0 spiro atoms. The minimum Gasteiger partial charge on any atom is -0.360 e. The topological polar surface area (TPSA) is 74.0 Å². The van der Waals surface area contributed by atoms with Crippen LogP contribution in [0.3, 0.4) is 0 Å². The quantitative estimate of drug-likeness (QED) is 0.718. The van der Waals surface area contributed by atoms with Crippen molar-refractivity contribution in [3.05, 3.63) is 27.9 Å². The van der Waals surface area contributed by atoms with E-state index in [9.17, 15) is 4.79 Å². The standard InChI is InChI=1S/C13H18IN5O2/c1-3-21-9-18-8-11(6-15-18)17-13(20)4-5-19-10(2)12(14)7-16-19/h6-8H,3-5,9H2,1-2H3,(H,17,20). The number of nitrogens with one attached hydrogen (secondary N) is 1. The van der Waals surface area contributed by atoms with Crippen LogP contribution in [0.2, 0.25) is 0 Å². The first kappa shape index (κ1) is 16.0. The average molecular weight is 403 g/mol. The Morgan fingerprint density at radius 3 is 2.90 bits per heavy atom. The lowest BCUT2D eigenvalue weighted by Gasteiger charge is -2.05. The van der Waals surface area contributed by atoms with Crippen molar-refractivity contribution in [2.24, 2.45) is 0 Å².